The highest BCUT2D eigenvalue weighted by Gasteiger charge is 2.16. The lowest BCUT2D eigenvalue weighted by Gasteiger charge is -2.06. The van der Waals surface area contributed by atoms with Gasteiger partial charge in [0.2, 0.25) is 0 Å². The number of H-pyrrole nitrogens is 1. The molecule has 0 radical (unpaired) electrons. The molecule has 1 aromatic heterocycles. The van der Waals surface area contributed by atoms with Crippen LogP contribution in [0.25, 0.3) is 33.9 Å². The summed E-state index contributed by atoms with van der Waals surface area (Å²) >= 11 is 3.62. The molecule has 3 aromatic carbocycles. The van der Waals surface area contributed by atoms with Gasteiger partial charge in [-0.2, -0.15) is 0 Å². The number of hydrogen-bond acceptors (Lipinski definition) is 3. The van der Waals surface area contributed by atoms with Gasteiger partial charge in [-0.15, -0.1) is 0 Å². The molecule has 5 heteroatoms. The Labute approximate surface area is 172 Å². The van der Waals surface area contributed by atoms with Crippen molar-refractivity contribution in [2.45, 2.75) is 0 Å². The van der Waals surface area contributed by atoms with E-state index < -0.39 is 0 Å². The van der Waals surface area contributed by atoms with Crippen molar-refractivity contribution in [3.05, 3.63) is 77.3 Å². The Kier molecular flexibility index (Phi) is 5.17. The van der Waals surface area contributed by atoms with Crippen LogP contribution >= 0.6 is 15.9 Å². The fourth-order valence-electron chi connectivity index (χ4n) is 3.08. The Hall–Kier alpha value is -3.05. The first-order valence-corrected chi connectivity index (χ1v) is 9.62. The first-order valence-electron chi connectivity index (χ1n) is 8.83. The van der Waals surface area contributed by atoms with Gasteiger partial charge in [0, 0.05) is 21.2 Å². The first-order chi connectivity index (χ1) is 13.7. The minimum atomic E-state index is 0.809. The minimum Gasteiger partial charge on any atom is -0.497 e. The lowest BCUT2D eigenvalue weighted by atomic mass is 10.0. The average Bonchev–Trinajstić information content (AvgIpc) is 3.19. The van der Waals surface area contributed by atoms with Crippen LogP contribution in [0.5, 0.6) is 11.5 Å². The number of rotatable bonds is 5. The van der Waals surface area contributed by atoms with E-state index in [1.54, 1.807) is 14.2 Å². The van der Waals surface area contributed by atoms with E-state index in [9.17, 15) is 0 Å². The van der Waals surface area contributed by atoms with E-state index in [0.29, 0.717) is 0 Å². The Balaban J connectivity index is 1.87. The van der Waals surface area contributed by atoms with Crippen molar-refractivity contribution in [2.75, 3.05) is 14.2 Å². The van der Waals surface area contributed by atoms with Gasteiger partial charge in [0.05, 0.1) is 25.6 Å². The van der Waals surface area contributed by atoms with E-state index in [1.165, 1.54) is 0 Å². The molecule has 0 aliphatic carbocycles. The van der Waals surface area contributed by atoms with Crippen molar-refractivity contribution in [3.63, 3.8) is 0 Å². The summed E-state index contributed by atoms with van der Waals surface area (Å²) in [7, 11) is 3.33. The van der Waals surface area contributed by atoms with E-state index in [0.717, 1.165) is 49.9 Å². The minimum absolute atomic E-state index is 0.809. The molecular formula is C23H19BrN2O2. The zero-order valence-corrected chi connectivity index (χ0v) is 17.2. The summed E-state index contributed by atoms with van der Waals surface area (Å²) in [6.45, 7) is 0. The van der Waals surface area contributed by atoms with Gasteiger partial charge in [0.1, 0.15) is 17.3 Å². The number of methoxy groups -OCH3 is 2. The maximum Gasteiger partial charge on any atom is 0.139 e. The standard InChI is InChI=1S/C23H19BrN2O2/c1-27-17-11-7-15(8-12-17)21-22(16-9-13-18(28-2)14-10-16)26-23(25-21)19-5-3-4-6-20(19)24/h3-14H,1-2H3,(H,25,26). The Morgan fingerprint density at radius 3 is 1.89 bits per heavy atom. The van der Waals surface area contributed by atoms with Gasteiger partial charge in [0.25, 0.3) is 0 Å². The second-order valence-electron chi connectivity index (χ2n) is 6.25. The topological polar surface area (TPSA) is 47.1 Å². The molecule has 0 saturated carbocycles. The summed E-state index contributed by atoms with van der Waals surface area (Å²) in [5.74, 6) is 2.45. The summed E-state index contributed by atoms with van der Waals surface area (Å²) in [6, 6.07) is 23.9. The van der Waals surface area contributed by atoms with Crippen LogP contribution in [0.15, 0.2) is 77.3 Å². The zero-order chi connectivity index (χ0) is 19.5. The second-order valence-corrected chi connectivity index (χ2v) is 7.10. The third kappa shape index (κ3) is 3.53. The maximum atomic E-state index is 5.29. The third-order valence-electron chi connectivity index (χ3n) is 4.57. The van der Waals surface area contributed by atoms with Crippen LogP contribution in [-0.4, -0.2) is 24.2 Å². The summed E-state index contributed by atoms with van der Waals surface area (Å²) in [4.78, 5) is 8.43. The number of ether oxygens (including phenoxy) is 2. The fourth-order valence-corrected chi connectivity index (χ4v) is 3.55. The summed E-state index contributed by atoms with van der Waals surface area (Å²) in [5, 5.41) is 0. The van der Waals surface area contributed by atoms with Gasteiger partial charge in [0.15, 0.2) is 0 Å². The van der Waals surface area contributed by atoms with Crippen LogP contribution in [0.4, 0.5) is 0 Å². The lowest BCUT2D eigenvalue weighted by molar-refractivity contribution is 0.414. The van der Waals surface area contributed by atoms with Crippen LogP contribution in [0.3, 0.4) is 0 Å². The van der Waals surface area contributed by atoms with Crippen LogP contribution in [0.2, 0.25) is 0 Å². The highest BCUT2D eigenvalue weighted by atomic mass is 79.9. The monoisotopic (exact) mass is 434 g/mol. The smallest absolute Gasteiger partial charge is 0.139 e. The van der Waals surface area contributed by atoms with Gasteiger partial charge in [-0.1, -0.05) is 34.1 Å². The molecule has 4 rings (SSSR count). The molecule has 140 valence electrons. The molecule has 0 aliphatic rings. The SMILES string of the molecule is COc1ccc(-c2nc(-c3ccccc3Br)[nH]c2-c2ccc(OC)cc2)cc1. The Morgan fingerprint density at radius 2 is 1.32 bits per heavy atom. The van der Waals surface area contributed by atoms with Gasteiger partial charge >= 0.3 is 0 Å². The summed E-state index contributed by atoms with van der Waals surface area (Å²) in [5.41, 5.74) is 4.91. The quantitative estimate of drug-likeness (QED) is 0.407. The zero-order valence-electron chi connectivity index (χ0n) is 15.6. The number of aromatic nitrogens is 2. The molecule has 0 saturated heterocycles. The molecule has 0 fully saturated rings. The van der Waals surface area contributed by atoms with Crippen LogP contribution in [0, 0.1) is 0 Å². The molecule has 28 heavy (non-hydrogen) atoms. The number of nitrogens with zero attached hydrogens (tertiary/aromatic N) is 1. The number of halogens is 1. The molecule has 0 unspecified atom stereocenters. The van der Waals surface area contributed by atoms with Crippen LogP contribution in [0.1, 0.15) is 0 Å². The molecule has 0 bridgehead atoms. The van der Waals surface area contributed by atoms with Gasteiger partial charge < -0.3 is 14.5 Å². The molecule has 0 atom stereocenters. The fraction of sp³-hybridized carbons (Fsp3) is 0.0870. The lowest BCUT2D eigenvalue weighted by Crippen LogP contribution is -1.87. The third-order valence-corrected chi connectivity index (χ3v) is 5.27. The molecular weight excluding hydrogens is 416 g/mol. The molecule has 0 amide bonds. The molecule has 0 spiro atoms. The first kappa shape index (κ1) is 18.3. The Morgan fingerprint density at radius 1 is 0.750 bits per heavy atom. The maximum absolute atomic E-state index is 5.29. The van der Waals surface area contributed by atoms with E-state index in [-0.39, 0.29) is 0 Å². The molecule has 4 nitrogen and oxygen atoms in total. The Bertz CT molecular complexity index is 1020. The van der Waals surface area contributed by atoms with Gasteiger partial charge in [-0.25, -0.2) is 4.98 Å². The molecule has 0 aliphatic heterocycles. The summed E-state index contributed by atoms with van der Waals surface area (Å²) in [6.07, 6.45) is 0. The van der Waals surface area contributed by atoms with E-state index in [2.05, 4.69) is 20.9 Å². The number of aromatic amines is 1. The number of nitrogens with one attached hydrogen (secondary N) is 1. The normalized spacial score (nSPS) is 10.7. The highest BCUT2D eigenvalue weighted by Crippen LogP contribution is 2.36. The van der Waals surface area contributed by atoms with Crippen molar-refractivity contribution in [1.29, 1.82) is 0 Å². The van der Waals surface area contributed by atoms with Crippen molar-refractivity contribution in [2.24, 2.45) is 0 Å². The molecule has 1 N–H and O–H groups in total. The number of benzene rings is 3. The second kappa shape index (κ2) is 7.90. The van der Waals surface area contributed by atoms with Crippen molar-refractivity contribution in [3.8, 4) is 45.4 Å². The number of hydrogen-bond donors (Lipinski definition) is 1. The van der Waals surface area contributed by atoms with E-state index >= 15 is 0 Å². The predicted octanol–water partition coefficient (Wildman–Crippen LogP) is 6.19. The van der Waals surface area contributed by atoms with Crippen molar-refractivity contribution in [1.82, 2.24) is 9.97 Å². The van der Waals surface area contributed by atoms with Crippen molar-refractivity contribution < 1.29 is 9.47 Å². The van der Waals surface area contributed by atoms with E-state index in [1.807, 2.05) is 72.8 Å². The van der Waals surface area contributed by atoms with Crippen molar-refractivity contribution >= 4 is 15.9 Å². The summed E-state index contributed by atoms with van der Waals surface area (Å²) < 4.78 is 11.6. The largest absolute Gasteiger partial charge is 0.497 e. The van der Waals surface area contributed by atoms with Gasteiger partial charge in [-0.3, -0.25) is 0 Å². The van der Waals surface area contributed by atoms with E-state index in [4.69, 9.17) is 14.5 Å². The highest BCUT2D eigenvalue weighted by molar-refractivity contribution is 9.10. The number of imidazole rings is 1. The van der Waals surface area contributed by atoms with Crippen LogP contribution < -0.4 is 9.47 Å². The molecule has 1 heterocycles. The predicted molar refractivity (Wildman–Crippen MR) is 116 cm³/mol. The van der Waals surface area contributed by atoms with Crippen LogP contribution in [-0.2, 0) is 0 Å². The average molecular weight is 435 g/mol. The van der Waals surface area contributed by atoms with Gasteiger partial charge in [-0.05, 0) is 54.6 Å². The molecule has 4 aromatic rings.